The van der Waals surface area contributed by atoms with Gasteiger partial charge in [0, 0.05) is 17.2 Å². The Balaban J connectivity index is 1.58. The number of rotatable bonds is 4. The van der Waals surface area contributed by atoms with Crippen molar-refractivity contribution in [2.75, 3.05) is 4.90 Å². The zero-order chi connectivity index (χ0) is 21.8. The third-order valence-corrected chi connectivity index (χ3v) is 6.09. The summed E-state index contributed by atoms with van der Waals surface area (Å²) in [5.74, 6) is -1.04. The molecule has 1 amide bonds. The van der Waals surface area contributed by atoms with E-state index in [2.05, 4.69) is 0 Å². The van der Waals surface area contributed by atoms with Gasteiger partial charge in [-0.3, -0.25) is 4.79 Å². The largest absolute Gasteiger partial charge is 0.511 e. The standard InChI is InChI=1S/C24H17F2NO4/c25-16-7-5-14(6-8-16)19-12-24(19)18-11-17(31-23(29)30)9-10-21(18)27(22(24)28)13-15-3-1-2-4-20(15)26/h1-11,19H,12-13H2,(H,29,30)/t19-,24+/m1/s1. The van der Waals surface area contributed by atoms with Crippen LogP contribution in [0.4, 0.5) is 19.3 Å². The number of fused-ring (bicyclic) bond motifs is 2. The second-order valence-electron chi connectivity index (χ2n) is 7.81. The van der Waals surface area contributed by atoms with Crippen LogP contribution < -0.4 is 9.64 Å². The van der Waals surface area contributed by atoms with E-state index in [1.807, 2.05) is 0 Å². The van der Waals surface area contributed by atoms with Crippen LogP contribution in [0, 0.1) is 11.6 Å². The number of hydrogen-bond donors (Lipinski definition) is 1. The number of benzene rings is 3. The molecule has 3 aromatic rings. The van der Waals surface area contributed by atoms with Crippen molar-refractivity contribution in [1.82, 2.24) is 0 Å². The molecule has 0 unspecified atom stereocenters. The van der Waals surface area contributed by atoms with Crippen molar-refractivity contribution < 1.29 is 28.2 Å². The highest BCUT2D eigenvalue weighted by atomic mass is 19.1. The molecule has 1 heterocycles. The highest BCUT2D eigenvalue weighted by molar-refractivity contribution is 6.11. The minimum atomic E-state index is -1.45. The molecule has 0 radical (unpaired) electrons. The first-order valence-corrected chi connectivity index (χ1v) is 9.76. The van der Waals surface area contributed by atoms with Crippen molar-refractivity contribution in [2.24, 2.45) is 0 Å². The van der Waals surface area contributed by atoms with Gasteiger partial charge in [-0.25, -0.2) is 13.6 Å². The van der Waals surface area contributed by atoms with Gasteiger partial charge in [0.25, 0.3) is 0 Å². The van der Waals surface area contributed by atoms with Crippen LogP contribution in [0.1, 0.15) is 29.0 Å². The second-order valence-corrected chi connectivity index (χ2v) is 7.81. The molecule has 1 N–H and O–H groups in total. The van der Waals surface area contributed by atoms with Crippen molar-refractivity contribution in [3.63, 3.8) is 0 Å². The van der Waals surface area contributed by atoms with Gasteiger partial charge < -0.3 is 14.7 Å². The van der Waals surface area contributed by atoms with Crippen LogP contribution in [0.2, 0.25) is 0 Å². The topological polar surface area (TPSA) is 66.8 Å². The smallest absolute Gasteiger partial charge is 0.449 e. The first kappa shape index (κ1) is 19.2. The lowest BCUT2D eigenvalue weighted by atomic mass is 9.92. The van der Waals surface area contributed by atoms with Crippen molar-refractivity contribution in [1.29, 1.82) is 0 Å². The van der Waals surface area contributed by atoms with Crippen LogP contribution >= 0.6 is 0 Å². The van der Waals surface area contributed by atoms with E-state index in [9.17, 15) is 18.4 Å². The number of amides is 1. The van der Waals surface area contributed by atoms with Gasteiger partial charge in [0.15, 0.2) is 0 Å². The molecule has 1 aliphatic carbocycles. The first-order valence-electron chi connectivity index (χ1n) is 9.76. The molecule has 0 saturated heterocycles. The SMILES string of the molecule is O=C(O)Oc1ccc2c(c1)[C@]1(C[C@@H]1c1ccc(F)cc1)C(=O)N2Cc1ccccc1F. The number of carbonyl (C=O) groups is 2. The van der Waals surface area contributed by atoms with Crippen molar-refractivity contribution in [3.8, 4) is 5.75 Å². The zero-order valence-electron chi connectivity index (χ0n) is 16.2. The molecule has 0 aromatic heterocycles. The van der Waals surface area contributed by atoms with E-state index in [0.29, 0.717) is 23.2 Å². The molecule has 156 valence electrons. The molecular weight excluding hydrogens is 404 g/mol. The number of carbonyl (C=O) groups excluding carboxylic acids is 1. The fourth-order valence-electron chi connectivity index (χ4n) is 4.59. The van der Waals surface area contributed by atoms with E-state index in [0.717, 1.165) is 5.56 Å². The van der Waals surface area contributed by atoms with Gasteiger partial charge in [-0.15, -0.1) is 0 Å². The second kappa shape index (κ2) is 6.91. The predicted octanol–water partition coefficient (Wildman–Crippen LogP) is 4.99. The molecular formula is C24H17F2NO4. The molecule has 1 saturated carbocycles. The van der Waals surface area contributed by atoms with Crippen LogP contribution in [0.15, 0.2) is 66.7 Å². The fourth-order valence-corrected chi connectivity index (χ4v) is 4.59. The van der Waals surface area contributed by atoms with Crippen molar-refractivity contribution >= 4 is 17.7 Å². The molecule has 2 aliphatic rings. The minimum Gasteiger partial charge on any atom is -0.449 e. The van der Waals surface area contributed by atoms with Gasteiger partial charge in [0.2, 0.25) is 5.91 Å². The first-order chi connectivity index (χ1) is 14.9. The van der Waals surface area contributed by atoms with Crippen LogP contribution in [0.25, 0.3) is 0 Å². The van der Waals surface area contributed by atoms with Gasteiger partial charge in [0.1, 0.15) is 17.4 Å². The van der Waals surface area contributed by atoms with E-state index in [4.69, 9.17) is 9.84 Å². The maximum absolute atomic E-state index is 14.3. The molecule has 31 heavy (non-hydrogen) atoms. The number of carboxylic acid groups (broad SMARTS) is 1. The number of nitrogens with zero attached hydrogens (tertiary/aromatic N) is 1. The lowest BCUT2D eigenvalue weighted by Crippen LogP contribution is -2.32. The summed E-state index contributed by atoms with van der Waals surface area (Å²) in [6.45, 7) is 0.0511. The van der Waals surface area contributed by atoms with Gasteiger partial charge in [0.05, 0.1) is 12.0 Å². The molecule has 1 fully saturated rings. The average molecular weight is 421 g/mol. The molecule has 2 atom stereocenters. The number of ether oxygens (including phenoxy) is 1. The Morgan fingerprint density at radius 1 is 1.10 bits per heavy atom. The fraction of sp³-hybridized carbons (Fsp3) is 0.167. The Morgan fingerprint density at radius 3 is 2.55 bits per heavy atom. The molecule has 5 rings (SSSR count). The monoisotopic (exact) mass is 421 g/mol. The third kappa shape index (κ3) is 3.04. The maximum atomic E-state index is 14.3. The summed E-state index contributed by atoms with van der Waals surface area (Å²) < 4.78 is 32.5. The highest BCUT2D eigenvalue weighted by Gasteiger charge is 2.67. The lowest BCUT2D eigenvalue weighted by molar-refractivity contribution is -0.120. The number of anilines is 1. The van der Waals surface area contributed by atoms with E-state index >= 15 is 0 Å². The minimum absolute atomic E-state index is 0.0511. The van der Waals surface area contributed by atoms with Crippen molar-refractivity contribution in [2.45, 2.75) is 24.3 Å². The molecule has 0 bridgehead atoms. The van der Waals surface area contributed by atoms with Crippen molar-refractivity contribution in [3.05, 3.63) is 95.1 Å². The summed E-state index contributed by atoms with van der Waals surface area (Å²) in [6.07, 6.45) is -0.957. The number of halogens is 2. The van der Waals surface area contributed by atoms with Gasteiger partial charge in [-0.2, -0.15) is 0 Å². The summed E-state index contributed by atoms with van der Waals surface area (Å²) in [4.78, 5) is 26.1. The van der Waals surface area contributed by atoms with Crippen LogP contribution in [0.5, 0.6) is 5.75 Å². The van der Waals surface area contributed by atoms with E-state index in [1.54, 1.807) is 42.5 Å². The molecule has 3 aromatic carbocycles. The summed E-state index contributed by atoms with van der Waals surface area (Å²) in [7, 11) is 0. The van der Waals surface area contributed by atoms with E-state index in [1.165, 1.54) is 29.2 Å². The zero-order valence-corrected chi connectivity index (χ0v) is 16.2. The quantitative estimate of drug-likeness (QED) is 0.476. The Morgan fingerprint density at radius 2 is 1.84 bits per heavy atom. The predicted molar refractivity (Wildman–Crippen MR) is 108 cm³/mol. The van der Waals surface area contributed by atoms with E-state index < -0.39 is 17.4 Å². The Hall–Kier alpha value is -3.74. The van der Waals surface area contributed by atoms with Gasteiger partial charge in [-0.05, 0) is 53.9 Å². The molecule has 1 spiro atoms. The average Bonchev–Trinajstić information content (AvgIpc) is 3.45. The lowest BCUT2D eigenvalue weighted by Gasteiger charge is -2.19. The molecule has 7 heteroatoms. The Bertz CT molecular complexity index is 1210. The summed E-state index contributed by atoms with van der Waals surface area (Å²) >= 11 is 0. The summed E-state index contributed by atoms with van der Waals surface area (Å²) in [5, 5.41) is 8.97. The third-order valence-electron chi connectivity index (χ3n) is 6.09. The van der Waals surface area contributed by atoms with E-state index in [-0.39, 0.29) is 29.9 Å². The maximum Gasteiger partial charge on any atom is 0.511 e. The van der Waals surface area contributed by atoms with Crippen LogP contribution in [0.3, 0.4) is 0 Å². The van der Waals surface area contributed by atoms with Crippen LogP contribution in [-0.2, 0) is 16.8 Å². The Kier molecular flexibility index (Phi) is 4.28. The normalized spacial score (nSPS) is 21.3. The molecule has 5 nitrogen and oxygen atoms in total. The summed E-state index contributed by atoms with van der Waals surface area (Å²) in [6, 6.07) is 16.9. The van der Waals surface area contributed by atoms with Gasteiger partial charge in [-0.1, -0.05) is 30.3 Å². The molecule has 1 aliphatic heterocycles. The summed E-state index contributed by atoms with van der Waals surface area (Å²) in [5.41, 5.74) is 1.52. The highest BCUT2D eigenvalue weighted by Crippen LogP contribution is 2.66. The Labute approximate surface area is 176 Å². The van der Waals surface area contributed by atoms with Crippen LogP contribution in [-0.4, -0.2) is 17.2 Å². The van der Waals surface area contributed by atoms with Gasteiger partial charge >= 0.3 is 6.16 Å². The number of hydrogen-bond acceptors (Lipinski definition) is 3.